The van der Waals surface area contributed by atoms with Crippen LogP contribution >= 0.6 is 11.6 Å². The second-order valence-corrected chi connectivity index (χ2v) is 5.95. The van der Waals surface area contributed by atoms with E-state index in [1.54, 1.807) is 0 Å². The number of aryl methyl sites for hydroxylation is 1. The van der Waals surface area contributed by atoms with Crippen molar-refractivity contribution >= 4 is 22.4 Å². The molecule has 0 aromatic heterocycles. The summed E-state index contributed by atoms with van der Waals surface area (Å²) in [6.07, 6.45) is 2.64. The van der Waals surface area contributed by atoms with Gasteiger partial charge in [0.05, 0.1) is 17.6 Å². The number of ether oxygens (including phenoxy) is 1. The van der Waals surface area contributed by atoms with Gasteiger partial charge in [-0.2, -0.15) is 0 Å². The molecule has 1 aliphatic heterocycles. The van der Waals surface area contributed by atoms with Crippen molar-refractivity contribution in [1.29, 1.82) is 0 Å². The normalized spacial score (nSPS) is 24.8. The predicted molar refractivity (Wildman–Crippen MR) is 80.8 cm³/mol. The Morgan fingerprint density at radius 2 is 1.84 bits per heavy atom. The third-order valence-electron chi connectivity index (χ3n) is 4.06. The first-order valence-corrected chi connectivity index (χ1v) is 7.38. The Morgan fingerprint density at radius 1 is 1.11 bits per heavy atom. The monoisotopic (exact) mass is 274 g/mol. The first kappa shape index (κ1) is 13.0. The molecule has 1 fully saturated rings. The van der Waals surface area contributed by atoms with Gasteiger partial charge in [0.25, 0.3) is 0 Å². The molecular formula is C17H19ClO. The van der Waals surface area contributed by atoms with Crippen LogP contribution in [0.15, 0.2) is 36.4 Å². The molecule has 1 saturated heterocycles. The Bertz CT molecular complexity index is 593. The smallest absolute Gasteiger partial charge is 0.0853 e. The van der Waals surface area contributed by atoms with E-state index in [0.29, 0.717) is 6.10 Å². The highest BCUT2D eigenvalue weighted by Crippen LogP contribution is 2.38. The first-order valence-electron chi connectivity index (χ1n) is 6.94. The molecule has 3 rings (SSSR count). The van der Waals surface area contributed by atoms with Crippen LogP contribution in [0.5, 0.6) is 0 Å². The molecule has 2 aromatic carbocycles. The van der Waals surface area contributed by atoms with E-state index in [9.17, 15) is 0 Å². The van der Waals surface area contributed by atoms with E-state index in [-0.39, 0.29) is 11.5 Å². The average Bonchev–Trinajstić information content (AvgIpc) is 2.86. The molecule has 1 nitrogen and oxygen atoms in total. The molecule has 0 amide bonds. The Balaban J connectivity index is 2.03. The minimum absolute atomic E-state index is 0.0598. The van der Waals surface area contributed by atoms with Crippen molar-refractivity contribution in [3.63, 3.8) is 0 Å². The van der Waals surface area contributed by atoms with Crippen LogP contribution in [-0.2, 0) is 4.74 Å². The van der Waals surface area contributed by atoms with Gasteiger partial charge < -0.3 is 4.74 Å². The predicted octanol–water partition coefficient (Wildman–Crippen LogP) is 5.00. The third kappa shape index (κ3) is 2.37. The summed E-state index contributed by atoms with van der Waals surface area (Å²) in [5, 5.41) is 2.48. The Kier molecular flexibility index (Phi) is 3.51. The van der Waals surface area contributed by atoms with Crippen LogP contribution in [-0.4, -0.2) is 12.2 Å². The first-order chi connectivity index (χ1) is 9.16. The Labute approximate surface area is 119 Å². The quantitative estimate of drug-likeness (QED) is 0.701. The fourth-order valence-electron chi connectivity index (χ4n) is 2.96. The van der Waals surface area contributed by atoms with Gasteiger partial charge in [0, 0.05) is 0 Å². The molecular weight excluding hydrogens is 256 g/mol. The fraction of sp³-hybridized carbons (Fsp3) is 0.412. The number of hydrogen-bond donors (Lipinski definition) is 0. The van der Waals surface area contributed by atoms with Crippen LogP contribution in [0, 0.1) is 6.92 Å². The maximum atomic E-state index is 6.68. The summed E-state index contributed by atoms with van der Waals surface area (Å²) in [5.74, 6) is 0. The van der Waals surface area contributed by atoms with Crippen LogP contribution in [0.25, 0.3) is 10.8 Å². The number of halogens is 1. The summed E-state index contributed by atoms with van der Waals surface area (Å²) in [7, 11) is 0. The topological polar surface area (TPSA) is 9.23 Å². The second-order valence-electron chi connectivity index (χ2n) is 5.48. The number of rotatable bonds is 2. The van der Waals surface area contributed by atoms with E-state index in [0.717, 1.165) is 12.8 Å². The molecule has 100 valence electrons. The van der Waals surface area contributed by atoms with Crippen LogP contribution < -0.4 is 0 Å². The largest absolute Gasteiger partial charge is 0.373 e. The van der Waals surface area contributed by atoms with Gasteiger partial charge in [0.1, 0.15) is 0 Å². The van der Waals surface area contributed by atoms with Crippen molar-refractivity contribution < 1.29 is 4.74 Å². The lowest BCUT2D eigenvalue weighted by Gasteiger charge is -2.20. The highest BCUT2D eigenvalue weighted by Gasteiger charge is 2.30. The van der Waals surface area contributed by atoms with Crippen molar-refractivity contribution in [2.75, 3.05) is 0 Å². The zero-order valence-electron chi connectivity index (χ0n) is 11.4. The summed E-state index contributed by atoms with van der Waals surface area (Å²) in [6, 6.07) is 12.8. The highest BCUT2D eigenvalue weighted by atomic mass is 35.5. The Morgan fingerprint density at radius 3 is 2.53 bits per heavy atom. The van der Waals surface area contributed by atoms with Gasteiger partial charge in [-0.1, -0.05) is 36.4 Å². The molecule has 2 aromatic rings. The molecule has 19 heavy (non-hydrogen) atoms. The van der Waals surface area contributed by atoms with E-state index < -0.39 is 0 Å². The molecule has 0 spiro atoms. The lowest BCUT2D eigenvalue weighted by molar-refractivity contribution is 0.0535. The molecule has 0 saturated carbocycles. The summed E-state index contributed by atoms with van der Waals surface area (Å²) in [6.45, 7) is 4.26. The number of alkyl halides is 1. The average molecular weight is 275 g/mol. The van der Waals surface area contributed by atoms with Crippen molar-refractivity contribution in [3.05, 3.63) is 47.5 Å². The minimum atomic E-state index is -0.0598. The molecule has 3 atom stereocenters. The molecule has 0 aliphatic carbocycles. The molecule has 1 heterocycles. The van der Waals surface area contributed by atoms with E-state index >= 15 is 0 Å². The molecule has 0 bridgehead atoms. The van der Waals surface area contributed by atoms with Crippen molar-refractivity contribution in [1.82, 2.24) is 0 Å². The maximum absolute atomic E-state index is 6.68. The lowest BCUT2D eigenvalue weighted by atomic mass is 9.95. The van der Waals surface area contributed by atoms with Crippen LogP contribution in [0.1, 0.15) is 36.3 Å². The van der Waals surface area contributed by atoms with Crippen LogP contribution in [0.4, 0.5) is 0 Å². The minimum Gasteiger partial charge on any atom is -0.373 e. The molecule has 2 heteroatoms. The molecule has 0 radical (unpaired) electrons. The van der Waals surface area contributed by atoms with Crippen molar-refractivity contribution in [2.45, 2.75) is 44.3 Å². The lowest BCUT2D eigenvalue weighted by Crippen LogP contribution is -2.15. The molecule has 3 unspecified atom stereocenters. The van der Waals surface area contributed by atoms with E-state index in [1.165, 1.54) is 21.9 Å². The zero-order valence-corrected chi connectivity index (χ0v) is 12.2. The third-order valence-corrected chi connectivity index (χ3v) is 4.58. The van der Waals surface area contributed by atoms with Gasteiger partial charge in [0.2, 0.25) is 0 Å². The number of hydrogen-bond acceptors (Lipinski definition) is 1. The Hall–Kier alpha value is -1.05. The number of benzene rings is 2. The van der Waals surface area contributed by atoms with E-state index in [2.05, 4.69) is 50.2 Å². The van der Waals surface area contributed by atoms with Gasteiger partial charge in [-0.3, -0.25) is 0 Å². The molecule has 0 N–H and O–H groups in total. The fourth-order valence-corrected chi connectivity index (χ4v) is 3.34. The molecule has 1 aliphatic rings. The standard InChI is InChI=1S/C17H19ClO/c1-11-7-9-15(14-6-4-3-5-13(11)14)17(18)16-10-8-12(2)19-16/h3-7,9,12,16-17H,8,10H2,1-2H3. The van der Waals surface area contributed by atoms with Gasteiger partial charge in [-0.25, -0.2) is 0 Å². The summed E-state index contributed by atoms with van der Waals surface area (Å²) in [4.78, 5) is 0. The van der Waals surface area contributed by atoms with Gasteiger partial charge in [0.15, 0.2) is 0 Å². The SMILES string of the molecule is Cc1ccc(C(Cl)C2CCC(C)O2)c2ccccc12. The summed E-state index contributed by atoms with van der Waals surface area (Å²) < 4.78 is 5.92. The van der Waals surface area contributed by atoms with Crippen molar-refractivity contribution in [2.24, 2.45) is 0 Å². The number of fused-ring (bicyclic) bond motifs is 1. The van der Waals surface area contributed by atoms with Gasteiger partial charge in [-0.05, 0) is 48.6 Å². The van der Waals surface area contributed by atoms with E-state index in [1.807, 2.05) is 0 Å². The van der Waals surface area contributed by atoms with Crippen LogP contribution in [0.2, 0.25) is 0 Å². The zero-order chi connectivity index (χ0) is 13.4. The van der Waals surface area contributed by atoms with E-state index in [4.69, 9.17) is 16.3 Å². The second kappa shape index (κ2) is 5.15. The maximum Gasteiger partial charge on any atom is 0.0853 e. The summed E-state index contributed by atoms with van der Waals surface area (Å²) in [5.41, 5.74) is 2.49. The van der Waals surface area contributed by atoms with Crippen molar-refractivity contribution in [3.8, 4) is 0 Å². The van der Waals surface area contributed by atoms with Gasteiger partial charge in [-0.15, -0.1) is 11.6 Å². The summed E-state index contributed by atoms with van der Waals surface area (Å²) >= 11 is 6.68. The van der Waals surface area contributed by atoms with Crippen LogP contribution in [0.3, 0.4) is 0 Å². The highest BCUT2D eigenvalue weighted by molar-refractivity contribution is 6.22. The van der Waals surface area contributed by atoms with Gasteiger partial charge >= 0.3 is 0 Å².